The standard InChI is InChI=1S/C10H12FN/c1-2-7-12-8-9-5-3-4-6-10(9)11/h3-7H,2,8H2,1H3. The van der Waals surface area contributed by atoms with Gasteiger partial charge in [-0.1, -0.05) is 25.1 Å². The molecule has 1 nitrogen and oxygen atoms in total. The third kappa shape index (κ3) is 2.46. The van der Waals surface area contributed by atoms with Crippen LogP contribution in [0.1, 0.15) is 18.9 Å². The minimum absolute atomic E-state index is 0.175. The minimum Gasteiger partial charge on any atom is -0.293 e. The summed E-state index contributed by atoms with van der Waals surface area (Å²) in [5.74, 6) is -0.175. The summed E-state index contributed by atoms with van der Waals surface area (Å²) in [7, 11) is 0. The van der Waals surface area contributed by atoms with Gasteiger partial charge in [-0.2, -0.15) is 0 Å². The Bertz CT molecular complexity index is 268. The van der Waals surface area contributed by atoms with E-state index in [1.54, 1.807) is 18.3 Å². The van der Waals surface area contributed by atoms with Gasteiger partial charge in [0.25, 0.3) is 0 Å². The molecule has 1 aromatic carbocycles. The number of hydrogen-bond acceptors (Lipinski definition) is 1. The second kappa shape index (κ2) is 4.65. The maximum atomic E-state index is 12.9. The van der Waals surface area contributed by atoms with Crippen molar-refractivity contribution in [2.75, 3.05) is 0 Å². The van der Waals surface area contributed by atoms with Gasteiger partial charge in [0, 0.05) is 5.56 Å². The number of nitrogens with zero attached hydrogens (tertiary/aromatic N) is 1. The minimum atomic E-state index is -0.175. The van der Waals surface area contributed by atoms with Crippen molar-refractivity contribution in [2.24, 2.45) is 4.99 Å². The fourth-order valence-corrected chi connectivity index (χ4v) is 0.919. The third-order valence-electron chi connectivity index (χ3n) is 1.53. The Balaban J connectivity index is 2.63. The first kappa shape index (κ1) is 8.91. The Morgan fingerprint density at radius 3 is 2.83 bits per heavy atom. The fraction of sp³-hybridized carbons (Fsp3) is 0.300. The van der Waals surface area contributed by atoms with Crippen molar-refractivity contribution in [1.29, 1.82) is 0 Å². The summed E-state index contributed by atoms with van der Waals surface area (Å²) < 4.78 is 12.9. The largest absolute Gasteiger partial charge is 0.293 e. The summed E-state index contributed by atoms with van der Waals surface area (Å²) in [6.45, 7) is 2.45. The lowest BCUT2D eigenvalue weighted by atomic mass is 10.2. The van der Waals surface area contributed by atoms with Crippen LogP contribution in [0.2, 0.25) is 0 Å². The van der Waals surface area contributed by atoms with Crippen molar-refractivity contribution in [3.63, 3.8) is 0 Å². The summed E-state index contributed by atoms with van der Waals surface area (Å²) in [6.07, 6.45) is 2.70. The van der Waals surface area contributed by atoms with Gasteiger partial charge in [-0.15, -0.1) is 0 Å². The molecule has 0 saturated heterocycles. The molecule has 0 unspecified atom stereocenters. The molecular weight excluding hydrogens is 153 g/mol. The van der Waals surface area contributed by atoms with Crippen LogP contribution in [0.3, 0.4) is 0 Å². The van der Waals surface area contributed by atoms with Crippen molar-refractivity contribution in [3.05, 3.63) is 35.6 Å². The molecule has 0 fully saturated rings. The molecule has 0 aliphatic carbocycles. The number of hydrogen-bond donors (Lipinski definition) is 0. The molecule has 0 aromatic heterocycles. The fourth-order valence-electron chi connectivity index (χ4n) is 0.919. The van der Waals surface area contributed by atoms with Gasteiger partial charge in [0.1, 0.15) is 5.82 Å². The monoisotopic (exact) mass is 165 g/mol. The Kier molecular flexibility index (Phi) is 3.45. The molecule has 0 saturated carbocycles. The topological polar surface area (TPSA) is 12.4 Å². The normalized spacial score (nSPS) is 10.8. The van der Waals surface area contributed by atoms with Gasteiger partial charge in [0.2, 0.25) is 0 Å². The molecule has 2 heteroatoms. The van der Waals surface area contributed by atoms with Crippen LogP contribution < -0.4 is 0 Å². The average molecular weight is 165 g/mol. The lowest BCUT2D eigenvalue weighted by Crippen LogP contribution is -1.87. The van der Waals surface area contributed by atoms with E-state index in [1.807, 2.05) is 13.0 Å². The first-order valence-electron chi connectivity index (χ1n) is 4.06. The molecule has 0 aliphatic rings. The van der Waals surface area contributed by atoms with E-state index >= 15 is 0 Å². The maximum absolute atomic E-state index is 12.9. The van der Waals surface area contributed by atoms with E-state index < -0.39 is 0 Å². The van der Waals surface area contributed by atoms with Crippen molar-refractivity contribution in [3.8, 4) is 0 Å². The second-order valence-corrected chi connectivity index (χ2v) is 2.52. The molecule has 0 amide bonds. The smallest absolute Gasteiger partial charge is 0.128 e. The molecule has 0 bridgehead atoms. The predicted molar refractivity (Wildman–Crippen MR) is 48.9 cm³/mol. The van der Waals surface area contributed by atoms with Gasteiger partial charge in [0.05, 0.1) is 6.54 Å². The van der Waals surface area contributed by atoms with Crippen molar-refractivity contribution >= 4 is 6.21 Å². The predicted octanol–water partition coefficient (Wildman–Crippen LogP) is 2.81. The van der Waals surface area contributed by atoms with Gasteiger partial charge in [-0.05, 0) is 18.7 Å². The second-order valence-electron chi connectivity index (χ2n) is 2.52. The zero-order chi connectivity index (χ0) is 8.81. The summed E-state index contributed by atoms with van der Waals surface area (Å²) in [6, 6.07) is 6.71. The highest BCUT2D eigenvalue weighted by atomic mass is 19.1. The molecule has 0 atom stereocenters. The number of benzene rings is 1. The molecule has 0 N–H and O–H groups in total. The maximum Gasteiger partial charge on any atom is 0.128 e. The molecule has 0 aliphatic heterocycles. The van der Waals surface area contributed by atoms with E-state index in [-0.39, 0.29) is 5.82 Å². The zero-order valence-electron chi connectivity index (χ0n) is 7.13. The van der Waals surface area contributed by atoms with Crippen molar-refractivity contribution in [1.82, 2.24) is 0 Å². The number of aliphatic imine (C=N–C) groups is 1. The summed E-state index contributed by atoms with van der Waals surface area (Å²) in [4.78, 5) is 4.06. The van der Waals surface area contributed by atoms with Gasteiger partial charge in [0.15, 0.2) is 0 Å². The molecule has 0 heterocycles. The Hall–Kier alpha value is -1.18. The van der Waals surface area contributed by atoms with Crippen LogP contribution in [0.25, 0.3) is 0 Å². The molecule has 1 rings (SSSR count). The van der Waals surface area contributed by atoms with E-state index in [2.05, 4.69) is 4.99 Å². The van der Waals surface area contributed by atoms with E-state index in [0.717, 1.165) is 6.42 Å². The molecule has 0 radical (unpaired) electrons. The Morgan fingerprint density at radius 2 is 2.17 bits per heavy atom. The summed E-state index contributed by atoms with van der Waals surface area (Å²) in [5.41, 5.74) is 0.655. The van der Waals surface area contributed by atoms with E-state index in [1.165, 1.54) is 6.07 Å². The average Bonchev–Trinajstić information content (AvgIpc) is 2.09. The SMILES string of the molecule is CCC=NCc1ccccc1F. The third-order valence-corrected chi connectivity index (χ3v) is 1.53. The van der Waals surface area contributed by atoms with Crippen molar-refractivity contribution < 1.29 is 4.39 Å². The number of halogens is 1. The van der Waals surface area contributed by atoms with Crippen molar-refractivity contribution in [2.45, 2.75) is 19.9 Å². The zero-order valence-corrected chi connectivity index (χ0v) is 7.13. The highest BCUT2D eigenvalue weighted by molar-refractivity contribution is 5.56. The van der Waals surface area contributed by atoms with Crippen LogP contribution in [0.5, 0.6) is 0 Å². The summed E-state index contributed by atoms with van der Waals surface area (Å²) >= 11 is 0. The van der Waals surface area contributed by atoms with E-state index in [4.69, 9.17) is 0 Å². The number of rotatable bonds is 3. The lowest BCUT2D eigenvalue weighted by molar-refractivity contribution is 0.611. The first-order valence-corrected chi connectivity index (χ1v) is 4.06. The van der Waals surface area contributed by atoms with Gasteiger partial charge in [-0.25, -0.2) is 4.39 Å². The Morgan fingerprint density at radius 1 is 1.42 bits per heavy atom. The van der Waals surface area contributed by atoms with Crippen LogP contribution in [-0.2, 0) is 6.54 Å². The molecule has 1 aromatic rings. The molecular formula is C10H12FN. The Labute approximate surface area is 72.0 Å². The van der Waals surface area contributed by atoms with Crippen LogP contribution in [0.15, 0.2) is 29.3 Å². The van der Waals surface area contributed by atoms with Gasteiger partial charge in [-0.3, -0.25) is 4.99 Å². The highest BCUT2D eigenvalue weighted by Crippen LogP contribution is 2.06. The first-order chi connectivity index (χ1) is 5.84. The van der Waals surface area contributed by atoms with Crippen LogP contribution in [-0.4, -0.2) is 6.21 Å². The van der Waals surface area contributed by atoms with Crippen LogP contribution >= 0.6 is 0 Å². The van der Waals surface area contributed by atoms with Crippen LogP contribution in [0, 0.1) is 5.82 Å². The highest BCUT2D eigenvalue weighted by Gasteiger charge is 1.96. The van der Waals surface area contributed by atoms with Crippen LogP contribution in [0.4, 0.5) is 4.39 Å². The quantitative estimate of drug-likeness (QED) is 0.611. The van der Waals surface area contributed by atoms with Gasteiger partial charge < -0.3 is 0 Å². The molecule has 64 valence electrons. The summed E-state index contributed by atoms with van der Waals surface area (Å²) in [5, 5.41) is 0. The lowest BCUT2D eigenvalue weighted by Gasteiger charge is -1.96. The molecule has 0 spiro atoms. The van der Waals surface area contributed by atoms with E-state index in [0.29, 0.717) is 12.1 Å². The molecule has 12 heavy (non-hydrogen) atoms. The van der Waals surface area contributed by atoms with Gasteiger partial charge >= 0.3 is 0 Å². The van der Waals surface area contributed by atoms with E-state index in [9.17, 15) is 4.39 Å².